The van der Waals surface area contributed by atoms with Gasteiger partial charge in [-0.15, -0.1) is 0 Å². The number of carbonyl (C=O) groups excluding carboxylic acids is 1. The van der Waals surface area contributed by atoms with Crippen LogP contribution >= 0.6 is 0 Å². The van der Waals surface area contributed by atoms with E-state index in [1.807, 2.05) is 18.2 Å². The normalized spacial score (nSPS) is 13.5. The van der Waals surface area contributed by atoms with Crippen molar-refractivity contribution in [3.8, 4) is 0 Å². The van der Waals surface area contributed by atoms with Crippen molar-refractivity contribution in [3.63, 3.8) is 0 Å². The molecular formula is C19H22N4O4. The van der Waals surface area contributed by atoms with E-state index < -0.39 is 0 Å². The van der Waals surface area contributed by atoms with Gasteiger partial charge in [0.2, 0.25) is 5.89 Å². The molecule has 2 N–H and O–H groups in total. The summed E-state index contributed by atoms with van der Waals surface area (Å²) in [5, 5.41) is 10.5. The molecule has 3 aromatic rings. The number of rotatable bonds is 6. The highest BCUT2D eigenvalue weighted by molar-refractivity contribution is 6.00. The largest absolute Gasteiger partial charge is 0.459 e. The number of benzene rings is 1. The van der Waals surface area contributed by atoms with Gasteiger partial charge in [-0.25, -0.2) is 4.79 Å². The standard InChI is InChI=1S/C19H22N4O4/c1-25-10-9-16-22-17(27-23-16)11-20-19(24)21-14-7-4-6-13-12-5-2-3-8-15(12)26-18(13)14/h4,6-7H,2-3,5,8-11H2,1H3,(H2,20,21,24). The van der Waals surface area contributed by atoms with E-state index >= 15 is 0 Å². The van der Waals surface area contributed by atoms with Gasteiger partial charge in [0.1, 0.15) is 5.76 Å². The van der Waals surface area contributed by atoms with Crippen LogP contribution in [0.3, 0.4) is 0 Å². The molecule has 4 rings (SSSR count). The van der Waals surface area contributed by atoms with Crippen LogP contribution in [0.15, 0.2) is 27.1 Å². The number of hydrogen-bond acceptors (Lipinski definition) is 6. The van der Waals surface area contributed by atoms with Gasteiger partial charge in [0.05, 0.1) is 18.8 Å². The van der Waals surface area contributed by atoms with Crippen molar-refractivity contribution < 1.29 is 18.5 Å². The summed E-state index contributed by atoms with van der Waals surface area (Å²) in [4.78, 5) is 16.5. The fourth-order valence-electron chi connectivity index (χ4n) is 3.36. The van der Waals surface area contributed by atoms with E-state index in [2.05, 4.69) is 20.8 Å². The van der Waals surface area contributed by atoms with Crippen molar-refractivity contribution in [2.45, 2.75) is 38.6 Å². The zero-order chi connectivity index (χ0) is 18.6. The highest BCUT2D eigenvalue weighted by atomic mass is 16.5. The maximum absolute atomic E-state index is 12.3. The molecule has 1 aromatic carbocycles. The quantitative estimate of drug-likeness (QED) is 0.691. The topological polar surface area (TPSA) is 102 Å². The zero-order valence-corrected chi connectivity index (χ0v) is 15.2. The molecule has 8 heteroatoms. The average Bonchev–Trinajstić information content (AvgIpc) is 3.30. The van der Waals surface area contributed by atoms with Gasteiger partial charge in [-0.2, -0.15) is 4.98 Å². The summed E-state index contributed by atoms with van der Waals surface area (Å²) in [7, 11) is 1.61. The molecule has 142 valence electrons. The third kappa shape index (κ3) is 3.80. The summed E-state index contributed by atoms with van der Waals surface area (Å²) >= 11 is 0. The molecule has 0 atom stereocenters. The molecule has 0 saturated carbocycles. The predicted molar refractivity (Wildman–Crippen MR) is 98.6 cm³/mol. The highest BCUT2D eigenvalue weighted by Crippen LogP contribution is 2.35. The minimum atomic E-state index is -0.353. The molecule has 1 aliphatic carbocycles. The summed E-state index contributed by atoms with van der Waals surface area (Å²) in [5.41, 5.74) is 2.67. The van der Waals surface area contributed by atoms with Crippen LogP contribution in [-0.2, 0) is 30.5 Å². The third-order valence-electron chi connectivity index (χ3n) is 4.67. The lowest BCUT2D eigenvalue weighted by Crippen LogP contribution is -2.28. The second-order valence-corrected chi connectivity index (χ2v) is 6.55. The van der Waals surface area contributed by atoms with E-state index in [4.69, 9.17) is 13.7 Å². The molecule has 0 saturated heterocycles. The van der Waals surface area contributed by atoms with E-state index in [0.717, 1.165) is 36.0 Å². The number of amides is 2. The second kappa shape index (κ2) is 7.79. The molecular weight excluding hydrogens is 348 g/mol. The first-order valence-electron chi connectivity index (χ1n) is 9.13. The van der Waals surface area contributed by atoms with Gasteiger partial charge in [-0.1, -0.05) is 17.3 Å². The van der Waals surface area contributed by atoms with Gasteiger partial charge >= 0.3 is 6.03 Å². The molecule has 27 heavy (non-hydrogen) atoms. The molecule has 0 aliphatic heterocycles. The van der Waals surface area contributed by atoms with Crippen LogP contribution in [0.1, 0.15) is 35.9 Å². The molecule has 0 bridgehead atoms. The van der Waals surface area contributed by atoms with Gasteiger partial charge in [-0.3, -0.25) is 0 Å². The summed E-state index contributed by atoms with van der Waals surface area (Å²) in [6.07, 6.45) is 4.87. The number of urea groups is 1. The van der Waals surface area contributed by atoms with Crippen LogP contribution in [0.25, 0.3) is 11.0 Å². The van der Waals surface area contributed by atoms with Crippen molar-refractivity contribution >= 4 is 22.7 Å². The lowest BCUT2D eigenvalue weighted by Gasteiger charge is -2.08. The smallest absolute Gasteiger partial charge is 0.319 e. The van der Waals surface area contributed by atoms with Gasteiger partial charge in [0.25, 0.3) is 0 Å². The lowest BCUT2D eigenvalue weighted by atomic mass is 9.96. The first-order chi connectivity index (χ1) is 13.2. The van der Waals surface area contributed by atoms with E-state index in [1.165, 1.54) is 12.0 Å². The van der Waals surface area contributed by atoms with Crippen LogP contribution in [0.2, 0.25) is 0 Å². The minimum absolute atomic E-state index is 0.149. The first-order valence-corrected chi connectivity index (χ1v) is 9.13. The SMILES string of the molecule is COCCc1noc(CNC(=O)Nc2cccc3c4c(oc23)CCCC4)n1. The monoisotopic (exact) mass is 370 g/mol. The fraction of sp³-hybridized carbons (Fsp3) is 0.421. The van der Waals surface area contributed by atoms with Crippen molar-refractivity contribution in [1.29, 1.82) is 0 Å². The van der Waals surface area contributed by atoms with Gasteiger partial charge in [0, 0.05) is 30.9 Å². The number of fused-ring (bicyclic) bond motifs is 3. The molecule has 0 radical (unpaired) electrons. The van der Waals surface area contributed by atoms with Gasteiger partial charge < -0.3 is 24.3 Å². The van der Waals surface area contributed by atoms with Crippen molar-refractivity contribution in [2.24, 2.45) is 0 Å². The summed E-state index contributed by atoms with van der Waals surface area (Å²) in [6, 6.07) is 5.47. The molecule has 1 aliphatic rings. The number of nitrogens with zero attached hydrogens (tertiary/aromatic N) is 2. The van der Waals surface area contributed by atoms with Gasteiger partial charge in [-0.05, 0) is 25.3 Å². The van der Waals surface area contributed by atoms with Crippen LogP contribution in [0, 0.1) is 0 Å². The maximum Gasteiger partial charge on any atom is 0.319 e. The zero-order valence-electron chi connectivity index (χ0n) is 15.2. The lowest BCUT2D eigenvalue weighted by molar-refractivity contribution is 0.199. The molecule has 0 spiro atoms. The molecule has 0 fully saturated rings. The molecule has 2 amide bonds. The molecule has 8 nitrogen and oxygen atoms in total. The Labute approximate surface area is 156 Å². The van der Waals surface area contributed by atoms with Crippen molar-refractivity contribution in [2.75, 3.05) is 19.0 Å². The summed E-state index contributed by atoms with van der Waals surface area (Å²) < 4.78 is 16.1. The predicted octanol–water partition coefficient (Wildman–Crippen LogP) is 3.21. The minimum Gasteiger partial charge on any atom is -0.459 e. The van der Waals surface area contributed by atoms with E-state index in [-0.39, 0.29) is 12.6 Å². The highest BCUT2D eigenvalue weighted by Gasteiger charge is 2.20. The van der Waals surface area contributed by atoms with Crippen molar-refractivity contribution in [1.82, 2.24) is 15.5 Å². The third-order valence-corrected chi connectivity index (χ3v) is 4.67. The number of aryl methyl sites for hydroxylation is 2. The Morgan fingerprint density at radius 3 is 3.07 bits per heavy atom. The molecule has 0 unspecified atom stereocenters. The summed E-state index contributed by atoms with van der Waals surface area (Å²) in [6.45, 7) is 0.667. The Kier molecular flexibility index (Phi) is 5.06. The average molecular weight is 370 g/mol. The number of para-hydroxylation sites is 1. The van der Waals surface area contributed by atoms with Crippen LogP contribution in [0.5, 0.6) is 0 Å². The van der Waals surface area contributed by atoms with Crippen molar-refractivity contribution in [3.05, 3.63) is 41.2 Å². The van der Waals surface area contributed by atoms with Crippen LogP contribution in [-0.4, -0.2) is 29.9 Å². The molecule has 2 heterocycles. The number of ether oxygens (including phenoxy) is 1. The van der Waals surface area contributed by atoms with Gasteiger partial charge in [0.15, 0.2) is 11.4 Å². The maximum atomic E-state index is 12.3. The van der Waals surface area contributed by atoms with Crippen LogP contribution in [0.4, 0.5) is 10.5 Å². The second-order valence-electron chi connectivity index (χ2n) is 6.55. The number of methoxy groups -OCH3 is 1. The summed E-state index contributed by atoms with van der Waals surface area (Å²) in [5.74, 6) is 1.95. The van der Waals surface area contributed by atoms with E-state index in [1.54, 1.807) is 7.11 Å². The Balaban J connectivity index is 1.41. The Bertz CT molecular complexity index is 946. The number of hydrogen-bond donors (Lipinski definition) is 2. The first kappa shape index (κ1) is 17.5. The fourth-order valence-corrected chi connectivity index (χ4v) is 3.36. The Morgan fingerprint density at radius 1 is 1.30 bits per heavy atom. The Hall–Kier alpha value is -2.87. The van der Waals surface area contributed by atoms with E-state index in [9.17, 15) is 4.79 Å². The van der Waals surface area contributed by atoms with E-state index in [0.29, 0.717) is 30.4 Å². The molecule has 2 aromatic heterocycles. The number of aromatic nitrogens is 2. The number of nitrogens with one attached hydrogen (secondary N) is 2. The van der Waals surface area contributed by atoms with Crippen LogP contribution < -0.4 is 10.6 Å². The Morgan fingerprint density at radius 2 is 2.19 bits per heavy atom. The number of furan rings is 1. The number of carbonyl (C=O) groups is 1. The number of anilines is 1.